The Morgan fingerprint density at radius 3 is 2.77 bits per heavy atom. The lowest BCUT2D eigenvalue weighted by Gasteiger charge is -1.98. The largest absolute Gasteiger partial charge is 0.382 e. The standard InChI is InChI=1S/C9H7FN3/c10-7-3-1-2-6(4-7)8-5-9(11)13-12-8/h1-5H,(H2,11,13). The number of benzene rings is 1. The predicted octanol–water partition coefficient (Wildman–Crippen LogP) is 1.06. The van der Waals surface area contributed by atoms with Crippen molar-refractivity contribution in [3.05, 3.63) is 41.7 Å². The zero-order valence-electron chi connectivity index (χ0n) is 6.74. The normalized spacial score (nSPS) is 14.8. The molecular formula is C9H7FN3. The summed E-state index contributed by atoms with van der Waals surface area (Å²) in [5, 5.41) is 3.63. The summed E-state index contributed by atoms with van der Waals surface area (Å²) in [5.74, 6) is 0.0540. The maximum Gasteiger partial charge on any atom is 0.148 e. The lowest BCUT2D eigenvalue weighted by atomic mass is 10.1. The van der Waals surface area contributed by atoms with Crippen molar-refractivity contribution in [2.24, 2.45) is 10.8 Å². The molecule has 1 aliphatic rings. The van der Waals surface area contributed by atoms with Gasteiger partial charge in [-0.05, 0) is 12.1 Å². The third-order valence-corrected chi connectivity index (χ3v) is 1.68. The molecule has 65 valence electrons. The van der Waals surface area contributed by atoms with Gasteiger partial charge in [-0.3, -0.25) is 0 Å². The van der Waals surface area contributed by atoms with Crippen molar-refractivity contribution < 1.29 is 4.39 Å². The fraction of sp³-hybridized carbons (Fsp3) is 0. The molecule has 13 heavy (non-hydrogen) atoms. The Morgan fingerprint density at radius 1 is 1.31 bits per heavy atom. The highest BCUT2D eigenvalue weighted by molar-refractivity contribution is 6.00. The van der Waals surface area contributed by atoms with Crippen molar-refractivity contribution in [3.8, 4) is 0 Å². The van der Waals surface area contributed by atoms with E-state index in [2.05, 4.69) is 10.5 Å². The minimum atomic E-state index is -0.293. The Labute approximate surface area is 74.8 Å². The molecule has 0 saturated carbocycles. The van der Waals surface area contributed by atoms with Crippen molar-refractivity contribution >= 4 is 11.5 Å². The second-order valence-corrected chi connectivity index (χ2v) is 2.66. The minimum absolute atomic E-state index is 0.293. The smallest absolute Gasteiger partial charge is 0.148 e. The van der Waals surface area contributed by atoms with E-state index in [1.54, 1.807) is 18.2 Å². The molecule has 2 rings (SSSR count). The van der Waals surface area contributed by atoms with E-state index < -0.39 is 0 Å². The number of hydrogen-bond acceptors (Lipinski definition) is 2. The predicted molar refractivity (Wildman–Crippen MR) is 48.1 cm³/mol. The van der Waals surface area contributed by atoms with Crippen LogP contribution >= 0.6 is 0 Å². The fourth-order valence-corrected chi connectivity index (χ4v) is 1.10. The van der Waals surface area contributed by atoms with Crippen LogP contribution in [0, 0.1) is 5.82 Å². The van der Waals surface area contributed by atoms with E-state index >= 15 is 0 Å². The van der Waals surface area contributed by atoms with Crippen molar-refractivity contribution in [2.75, 3.05) is 0 Å². The molecule has 1 radical (unpaired) electrons. The molecule has 2 N–H and O–H groups in total. The van der Waals surface area contributed by atoms with E-state index in [0.717, 1.165) is 0 Å². The average molecular weight is 176 g/mol. The van der Waals surface area contributed by atoms with Gasteiger partial charge < -0.3 is 5.73 Å². The molecule has 1 aromatic rings. The zero-order valence-corrected chi connectivity index (χ0v) is 6.74. The molecule has 4 heteroatoms. The molecule has 0 amide bonds. The maximum atomic E-state index is 12.8. The van der Waals surface area contributed by atoms with Gasteiger partial charge in [-0.15, -0.1) is 10.5 Å². The van der Waals surface area contributed by atoms with Crippen LogP contribution in [0.5, 0.6) is 0 Å². The van der Waals surface area contributed by atoms with Crippen LogP contribution < -0.4 is 11.2 Å². The second kappa shape index (κ2) is 2.90. The average Bonchev–Trinajstić information content (AvgIpc) is 2.52. The molecule has 0 atom stereocenters. The Morgan fingerprint density at radius 2 is 2.15 bits per heavy atom. The van der Waals surface area contributed by atoms with E-state index in [0.29, 0.717) is 17.1 Å². The van der Waals surface area contributed by atoms with Crippen LogP contribution in [0.1, 0.15) is 5.56 Å². The summed E-state index contributed by atoms with van der Waals surface area (Å²) >= 11 is 0. The van der Waals surface area contributed by atoms with Crippen molar-refractivity contribution in [3.63, 3.8) is 0 Å². The highest BCUT2D eigenvalue weighted by atomic mass is 19.1. The van der Waals surface area contributed by atoms with Crippen LogP contribution in [0.2, 0.25) is 0 Å². The van der Waals surface area contributed by atoms with Crippen molar-refractivity contribution in [1.29, 1.82) is 0 Å². The van der Waals surface area contributed by atoms with Gasteiger partial charge >= 0.3 is 0 Å². The zero-order chi connectivity index (χ0) is 9.26. The molecule has 3 nitrogen and oxygen atoms in total. The summed E-state index contributed by atoms with van der Waals surface area (Å²) in [5.41, 5.74) is 10.5. The number of amidine groups is 1. The number of nitrogens with zero attached hydrogens (tertiary/aromatic N) is 2. The van der Waals surface area contributed by atoms with Gasteiger partial charge in [0.15, 0.2) is 0 Å². The summed E-state index contributed by atoms with van der Waals surface area (Å²) in [4.78, 5) is 0. The summed E-state index contributed by atoms with van der Waals surface area (Å²) in [6.45, 7) is 0. The summed E-state index contributed by atoms with van der Waals surface area (Å²) in [7, 11) is 0. The topological polar surface area (TPSA) is 52.5 Å². The number of halogens is 1. The van der Waals surface area contributed by atoms with Gasteiger partial charge in [0, 0.05) is 11.6 Å². The molecule has 0 aromatic heterocycles. The third kappa shape index (κ3) is 1.51. The molecule has 0 saturated heterocycles. The SMILES string of the molecule is NC1=N[N]C(c2cccc(F)c2)=C1. The number of nitrogens with two attached hydrogens (primary N) is 1. The van der Waals surface area contributed by atoms with E-state index in [-0.39, 0.29) is 5.82 Å². The number of hydrogen-bond donors (Lipinski definition) is 1. The molecule has 1 aromatic carbocycles. The van der Waals surface area contributed by atoms with Crippen molar-refractivity contribution in [2.45, 2.75) is 0 Å². The Bertz CT molecular complexity index is 396. The maximum absolute atomic E-state index is 12.8. The van der Waals surface area contributed by atoms with Crippen LogP contribution in [0.25, 0.3) is 5.70 Å². The van der Waals surface area contributed by atoms with Crippen LogP contribution in [-0.2, 0) is 0 Å². The lowest BCUT2D eigenvalue weighted by molar-refractivity contribution is 0.627. The Balaban J connectivity index is 2.33. The van der Waals surface area contributed by atoms with Gasteiger partial charge in [0.05, 0.1) is 5.70 Å². The van der Waals surface area contributed by atoms with Crippen LogP contribution in [0.3, 0.4) is 0 Å². The quantitative estimate of drug-likeness (QED) is 0.683. The summed E-state index contributed by atoms with van der Waals surface area (Å²) < 4.78 is 12.8. The summed E-state index contributed by atoms with van der Waals surface area (Å²) in [6.07, 6.45) is 1.61. The first-order valence-electron chi connectivity index (χ1n) is 3.77. The fourth-order valence-electron chi connectivity index (χ4n) is 1.10. The molecule has 1 heterocycles. The molecule has 1 aliphatic heterocycles. The monoisotopic (exact) mass is 176 g/mol. The molecular weight excluding hydrogens is 169 g/mol. The minimum Gasteiger partial charge on any atom is -0.382 e. The van der Waals surface area contributed by atoms with Gasteiger partial charge in [0.2, 0.25) is 0 Å². The summed E-state index contributed by atoms with van der Waals surface area (Å²) in [6, 6.07) is 6.15. The first-order chi connectivity index (χ1) is 6.25. The van der Waals surface area contributed by atoms with E-state index in [1.807, 2.05) is 0 Å². The van der Waals surface area contributed by atoms with E-state index in [4.69, 9.17) is 5.73 Å². The Kier molecular flexibility index (Phi) is 1.73. The highest BCUT2D eigenvalue weighted by Gasteiger charge is 2.09. The lowest BCUT2D eigenvalue weighted by Crippen LogP contribution is -2.04. The van der Waals surface area contributed by atoms with Crippen LogP contribution in [-0.4, -0.2) is 5.84 Å². The Hall–Kier alpha value is -1.84. The molecule has 0 spiro atoms. The second-order valence-electron chi connectivity index (χ2n) is 2.66. The van der Waals surface area contributed by atoms with E-state index in [9.17, 15) is 4.39 Å². The van der Waals surface area contributed by atoms with Gasteiger partial charge in [0.25, 0.3) is 0 Å². The molecule has 0 bridgehead atoms. The molecule has 0 aliphatic carbocycles. The van der Waals surface area contributed by atoms with Crippen molar-refractivity contribution in [1.82, 2.24) is 5.43 Å². The van der Waals surface area contributed by atoms with E-state index in [1.165, 1.54) is 12.1 Å². The van der Waals surface area contributed by atoms with Gasteiger partial charge in [-0.2, -0.15) is 0 Å². The first kappa shape index (κ1) is 7.79. The van der Waals surface area contributed by atoms with Crippen LogP contribution in [0.15, 0.2) is 35.4 Å². The van der Waals surface area contributed by atoms with Gasteiger partial charge in [-0.1, -0.05) is 12.1 Å². The third-order valence-electron chi connectivity index (χ3n) is 1.68. The number of rotatable bonds is 1. The first-order valence-corrected chi connectivity index (χ1v) is 3.77. The molecule has 0 fully saturated rings. The molecule has 0 unspecified atom stereocenters. The van der Waals surface area contributed by atoms with Gasteiger partial charge in [-0.25, -0.2) is 4.39 Å². The highest BCUT2D eigenvalue weighted by Crippen LogP contribution is 2.16. The van der Waals surface area contributed by atoms with Crippen LogP contribution in [0.4, 0.5) is 4.39 Å². The van der Waals surface area contributed by atoms with Gasteiger partial charge in [0.1, 0.15) is 11.7 Å².